The van der Waals surface area contributed by atoms with E-state index in [9.17, 15) is 13.6 Å². The predicted octanol–water partition coefficient (Wildman–Crippen LogP) is 2.80. The zero-order valence-electron chi connectivity index (χ0n) is 11.6. The molecule has 0 atom stereocenters. The standard InChI is InChI=1S/C15H14F2N2O2/c1-3-21-15(20)11(14-18-6-7-19(14)2)8-10-4-5-12(16)13(17)9-10/h4-9H,3H2,1-2H3/b11-8+. The van der Waals surface area contributed by atoms with Crippen molar-refractivity contribution in [2.45, 2.75) is 6.92 Å². The highest BCUT2D eigenvalue weighted by Crippen LogP contribution is 2.19. The van der Waals surface area contributed by atoms with Gasteiger partial charge in [-0.3, -0.25) is 0 Å². The molecule has 1 heterocycles. The van der Waals surface area contributed by atoms with Crippen LogP contribution < -0.4 is 0 Å². The van der Waals surface area contributed by atoms with Crippen LogP contribution in [0.15, 0.2) is 30.6 Å². The number of esters is 1. The smallest absolute Gasteiger partial charge is 0.341 e. The number of rotatable bonds is 4. The first-order valence-electron chi connectivity index (χ1n) is 6.34. The van der Waals surface area contributed by atoms with Crippen molar-refractivity contribution in [1.82, 2.24) is 9.55 Å². The van der Waals surface area contributed by atoms with Crippen molar-refractivity contribution in [3.63, 3.8) is 0 Å². The van der Waals surface area contributed by atoms with Crippen LogP contribution in [-0.4, -0.2) is 22.1 Å². The first-order chi connectivity index (χ1) is 10.0. The summed E-state index contributed by atoms with van der Waals surface area (Å²) in [4.78, 5) is 16.1. The lowest BCUT2D eigenvalue weighted by Gasteiger charge is -2.07. The molecule has 2 rings (SSSR count). The number of imidazole rings is 1. The second kappa shape index (κ2) is 6.30. The van der Waals surface area contributed by atoms with Crippen molar-refractivity contribution in [2.24, 2.45) is 7.05 Å². The van der Waals surface area contributed by atoms with Crippen molar-refractivity contribution in [1.29, 1.82) is 0 Å². The molecule has 0 aliphatic carbocycles. The predicted molar refractivity (Wildman–Crippen MR) is 74.1 cm³/mol. The summed E-state index contributed by atoms with van der Waals surface area (Å²) in [5.74, 6) is -2.11. The van der Waals surface area contributed by atoms with Gasteiger partial charge in [0.25, 0.3) is 0 Å². The maximum Gasteiger partial charge on any atom is 0.341 e. The maximum absolute atomic E-state index is 13.3. The average molecular weight is 292 g/mol. The minimum atomic E-state index is -0.980. The van der Waals surface area contributed by atoms with Gasteiger partial charge in [-0.05, 0) is 30.7 Å². The number of aryl methyl sites for hydroxylation is 1. The third kappa shape index (κ3) is 3.34. The zero-order valence-corrected chi connectivity index (χ0v) is 11.6. The molecule has 0 fully saturated rings. The fourth-order valence-corrected chi connectivity index (χ4v) is 1.82. The Hall–Kier alpha value is -2.50. The minimum absolute atomic E-state index is 0.176. The van der Waals surface area contributed by atoms with Crippen LogP contribution in [0.4, 0.5) is 8.78 Å². The molecule has 2 aromatic rings. The number of hydrogen-bond acceptors (Lipinski definition) is 3. The highest BCUT2D eigenvalue weighted by atomic mass is 19.2. The van der Waals surface area contributed by atoms with Crippen molar-refractivity contribution in [2.75, 3.05) is 6.61 Å². The molecular formula is C15H14F2N2O2. The Morgan fingerprint density at radius 1 is 1.38 bits per heavy atom. The molecule has 0 aliphatic heterocycles. The second-order valence-corrected chi connectivity index (χ2v) is 4.31. The molecule has 0 aliphatic rings. The van der Waals surface area contributed by atoms with Gasteiger partial charge in [0, 0.05) is 19.4 Å². The number of halogens is 2. The summed E-state index contributed by atoms with van der Waals surface area (Å²) in [5.41, 5.74) is 0.523. The van der Waals surface area contributed by atoms with E-state index in [0.717, 1.165) is 12.1 Å². The van der Waals surface area contributed by atoms with Crippen molar-refractivity contribution in [3.05, 3.63) is 53.6 Å². The van der Waals surface area contributed by atoms with E-state index in [0.29, 0.717) is 11.4 Å². The maximum atomic E-state index is 13.3. The Balaban J connectivity index is 2.48. The van der Waals surface area contributed by atoms with E-state index in [1.807, 2.05) is 0 Å². The van der Waals surface area contributed by atoms with Crippen LogP contribution in [0, 0.1) is 11.6 Å². The first kappa shape index (κ1) is 14.9. The van der Waals surface area contributed by atoms with Gasteiger partial charge in [-0.2, -0.15) is 0 Å². The van der Waals surface area contributed by atoms with Crippen molar-refractivity contribution >= 4 is 17.6 Å². The summed E-state index contributed by atoms with van der Waals surface area (Å²) in [5, 5.41) is 0. The van der Waals surface area contributed by atoms with Crippen LogP contribution in [0.2, 0.25) is 0 Å². The number of hydrogen-bond donors (Lipinski definition) is 0. The average Bonchev–Trinajstić information content (AvgIpc) is 2.86. The SMILES string of the molecule is CCOC(=O)/C(=C/c1ccc(F)c(F)c1)c1nccn1C. The molecule has 1 aromatic carbocycles. The molecule has 0 radical (unpaired) electrons. The molecule has 0 N–H and O–H groups in total. The third-order valence-corrected chi connectivity index (χ3v) is 2.81. The van der Waals surface area contributed by atoms with Gasteiger partial charge in [0.2, 0.25) is 0 Å². The van der Waals surface area contributed by atoms with E-state index in [4.69, 9.17) is 4.74 Å². The lowest BCUT2D eigenvalue weighted by molar-refractivity contribution is -0.136. The summed E-state index contributed by atoms with van der Waals surface area (Å²) in [7, 11) is 1.72. The molecule has 0 bridgehead atoms. The largest absolute Gasteiger partial charge is 0.462 e. The highest BCUT2D eigenvalue weighted by molar-refractivity contribution is 6.20. The first-order valence-corrected chi connectivity index (χ1v) is 6.34. The third-order valence-electron chi connectivity index (χ3n) is 2.81. The molecule has 1 aromatic heterocycles. The van der Waals surface area contributed by atoms with E-state index < -0.39 is 17.6 Å². The van der Waals surface area contributed by atoms with Crippen molar-refractivity contribution in [3.8, 4) is 0 Å². The fourth-order valence-electron chi connectivity index (χ4n) is 1.82. The van der Waals surface area contributed by atoms with Gasteiger partial charge in [-0.25, -0.2) is 18.6 Å². The van der Waals surface area contributed by atoms with Crippen molar-refractivity contribution < 1.29 is 18.3 Å². The van der Waals surface area contributed by atoms with Crippen LogP contribution in [0.3, 0.4) is 0 Å². The van der Waals surface area contributed by atoms with E-state index >= 15 is 0 Å². The summed E-state index contributed by atoms with van der Waals surface area (Å²) < 4.78 is 32.8. The number of nitrogens with zero attached hydrogens (tertiary/aromatic N) is 2. The zero-order chi connectivity index (χ0) is 15.4. The Morgan fingerprint density at radius 2 is 2.14 bits per heavy atom. The number of carbonyl (C=O) groups excluding carboxylic acids is 1. The Kier molecular flexibility index (Phi) is 4.47. The summed E-state index contributed by atoms with van der Waals surface area (Å²) >= 11 is 0. The topological polar surface area (TPSA) is 44.1 Å². The second-order valence-electron chi connectivity index (χ2n) is 4.31. The number of carbonyl (C=O) groups is 1. The fraction of sp³-hybridized carbons (Fsp3) is 0.200. The van der Waals surface area contributed by atoms with Gasteiger partial charge in [0.1, 0.15) is 11.4 Å². The molecule has 0 amide bonds. The molecule has 4 nitrogen and oxygen atoms in total. The van der Waals surface area contributed by atoms with Crippen LogP contribution in [0.5, 0.6) is 0 Å². The molecule has 0 saturated heterocycles. The van der Waals surface area contributed by atoms with Crippen LogP contribution >= 0.6 is 0 Å². The Labute approximate surface area is 120 Å². The van der Waals surface area contributed by atoms with Gasteiger partial charge in [0.15, 0.2) is 11.6 Å². The van der Waals surface area contributed by atoms with E-state index in [-0.39, 0.29) is 12.2 Å². The van der Waals surface area contributed by atoms with Gasteiger partial charge in [-0.15, -0.1) is 0 Å². The van der Waals surface area contributed by atoms with Gasteiger partial charge < -0.3 is 9.30 Å². The van der Waals surface area contributed by atoms with E-state index in [2.05, 4.69) is 4.98 Å². The monoisotopic (exact) mass is 292 g/mol. The molecular weight excluding hydrogens is 278 g/mol. The normalized spacial score (nSPS) is 11.5. The van der Waals surface area contributed by atoms with E-state index in [1.165, 1.54) is 18.3 Å². The Bertz CT molecular complexity index is 693. The van der Waals surface area contributed by atoms with Gasteiger partial charge in [0.05, 0.1) is 6.61 Å². The minimum Gasteiger partial charge on any atom is -0.462 e. The molecule has 0 saturated carbocycles. The van der Waals surface area contributed by atoms with E-state index in [1.54, 1.807) is 24.7 Å². The van der Waals surface area contributed by atoms with Gasteiger partial charge in [-0.1, -0.05) is 6.07 Å². The number of benzene rings is 1. The van der Waals surface area contributed by atoms with Crippen LogP contribution in [0.1, 0.15) is 18.3 Å². The molecule has 21 heavy (non-hydrogen) atoms. The molecule has 0 spiro atoms. The summed E-state index contributed by atoms with van der Waals surface area (Å²) in [6, 6.07) is 3.39. The lowest BCUT2D eigenvalue weighted by Crippen LogP contribution is -2.10. The lowest BCUT2D eigenvalue weighted by atomic mass is 10.1. The summed E-state index contributed by atoms with van der Waals surface area (Å²) in [6.07, 6.45) is 4.63. The highest BCUT2D eigenvalue weighted by Gasteiger charge is 2.17. The number of ether oxygens (including phenoxy) is 1. The van der Waals surface area contributed by atoms with Crippen LogP contribution in [0.25, 0.3) is 11.6 Å². The quantitative estimate of drug-likeness (QED) is 0.643. The molecule has 0 unspecified atom stereocenters. The number of aromatic nitrogens is 2. The molecule has 6 heteroatoms. The summed E-state index contributed by atoms with van der Waals surface area (Å²) in [6.45, 7) is 1.89. The Morgan fingerprint density at radius 3 is 2.71 bits per heavy atom. The van der Waals surface area contributed by atoms with Crippen LogP contribution in [-0.2, 0) is 16.6 Å². The van der Waals surface area contributed by atoms with Gasteiger partial charge >= 0.3 is 5.97 Å². The molecule has 110 valence electrons.